The molecular formula is C16H36N2O4Si3. The second-order valence-electron chi connectivity index (χ2n) is 5.82. The highest BCUT2D eigenvalue weighted by Gasteiger charge is 2.24. The summed E-state index contributed by atoms with van der Waals surface area (Å²) in [7, 11) is 8.01. The zero-order valence-electron chi connectivity index (χ0n) is 17.3. The van der Waals surface area contributed by atoms with Crippen molar-refractivity contribution in [2.24, 2.45) is 0 Å². The third kappa shape index (κ3) is 10.7. The smallest absolute Gasteiger partial charge is 0.394 e. The van der Waals surface area contributed by atoms with E-state index in [2.05, 4.69) is 37.9 Å². The minimum atomic E-state index is -1.38. The van der Waals surface area contributed by atoms with Gasteiger partial charge in [-0.2, -0.15) is 0 Å². The Morgan fingerprint density at radius 1 is 1.00 bits per heavy atom. The van der Waals surface area contributed by atoms with Crippen molar-refractivity contribution in [3.8, 4) is 0 Å². The van der Waals surface area contributed by atoms with Crippen molar-refractivity contribution in [1.29, 1.82) is 0 Å². The van der Waals surface area contributed by atoms with Gasteiger partial charge in [-0.3, -0.25) is 0 Å². The number of hydrogen-bond donors (Lipinski definition) is 0. The van der Waals surface area contributed by atoms with E-state index in [1.54, 1.807) is 14.2 Å². The Kier molecular flexibility index (Phi) is 15.1. The number of hydrogen-bond acceptors (Lipinski definition) is 6. The van der Waals surface area contributed by atoms with Gasteiger partial charge in [-0.1, -0.05) is 5.20 Å². The summed E-state index contributed by atoms with van der Waals surface area (Å²) >= 11 is 0. The molecule has 0 spiro atoms. The predicted molar refractivity (Wildman–Crippen MR) is 108 cm³/mol. The third-order valence-electron chi connectivity index (χ3n) is 3.51. The minimum absolute atomic E-state index is 0.740. The molecule has 0 saturated heterocycles. The van der Waals surface area contributed by atoms with E-state index in [0.29, 0.717) is 0 Å². The largest absolute Gasteiger partial charge is 0.440 e. The van der Waals surface area contributed by atoms with Crippen LogP contribution in [0.15, 0.2) is 10.5 Å². The van der Waals surface area contributed by atoms with Crippen LogP contribution in [0.2, 0.25) is 6.04 Å². The molecule has 0 aliphatic rings. The Morgan fingerprint density at radius 3 is 2.00 bits per heavy atom. The molecule has 0 fully saturated rings. The fourth-order valence-electron chi connectivity index (χ4n) is 2.37. The van der Waals surface area contributed by atoms with E-state index in [1.165, 1.54) is 10.5 Å². The predicted octanol–water partition coefficient (Wildman–Crippen LogP) is 1.64. The molecule has 0 aliphatic carbocycles. The van der Waals surface area contributed by atoms with Gasteiger partial charge in [-0.15, -0.1) is 0 Å². The van der Waals surface area contributed by atoms with Crippen LogP contribution in [0.1, 0.15) is 27.2 Å². The van der Waals surface area contributed by atoms with E-state index in [1.807, 2.05) is 13.8 Å². The molecule has 0 rings (SSSR count). The minimum Gasteiger partial charge on any atom is -0.394 e. The first-order valence-corrected chi connectivity index (χ1v) is 12.8. The highest BCUT2D eigenvalue weighted by atomic mass is 28.3. The van der Waals surface area contributed by atoms with Gasteiger partial charge >= 0.3 is 18.6 Å². The molecule has 146 valence electrons. The van der Waals surface area contributed by atoms with Gasteiger partial charge < -0.3 is 27.5 Å². The first-order valence-electron chi connectivity index (χ1n) is 8.78. The molecule has 0 aromatic heterocycles. The maximum Gasteiger partial charge on any atom is 0.440 e. The lowest BCUT2D eigenvalue weighted by molar-refractivity contribution is 0.211. The van der Waals surface area contributed by atoms with Crippen molar-refractivity contribution in [1.82, 2.24) is 9.80 Å². The average Bonchev–Trinajstić information content (AvgIpc) is 2.57. The van der Waals surface area contributed by atoms with E-state index in [-0.39, 0.29) is 0 Å². The van der Waals surface area contributed by atoms with Crippen LogP contribution < -0.4 is 0 Å². The van der Waals surface area contributed by atoms with Crippen LogP contribution in [0.4, 0.5) is 0 Å². The maximum atomic E-state index is 5.70. The number of rotatable bonds is 15. The standard InChI is InChI=1S/C16H36N2O4Si3/c1-9-21-24(22-10-2)13-11-12-18(6)14-23-15(3)16(17(4)5)25(19-7)20-8/h9-14H2,1-8H3. The molecule has 0 atom stereocenters. The summed E-state index contributed by atoms with van der Waals surface area (Å²) in [5, 5.41) is 2.57. The van der Waals surface area contributed by atoms with Gasteiger partial charge in [-0.25, -0.2) is 0 Å². The Hall–Kier alpha value is -0.00935. The highest BCUT2D eigenvalue weighted by molar-refractivity contribution is 6.58. The SMILES string of the molecule is CCO[Si](CCCN(C)C[Si]C(C)=C(N(C)C)[Si](OC)OC)OCC. The van der Waals surface area contributed by atoms with E-state index in [9.17, 15) is 0 Å². The van der Waals surface area contributed by atoms with Gasteiger partial charge in [0.2, 0.25) is 0 Å². The zero-order valence-corrected chi connectivity index (χ0v) is 20.3. The quantitative estimate of drug-likeness (QED) is 0.387. The summed E-state index contributed by atoms with van der Waals surface area (Å²) in [6, 6.07) is 1.04. The van der Waals surface area contributed by atoms with Crippen LogP contribution in [0.3, 0.4) is 0 Å². The van der Waals surface area contributed by atoms with E-state index < -0.39 is 18.6 Å². The Bertz CT molecular complexity index is 363. The molecule has 4 radical (unpaired) electrons. The van der Waals surface area contributed by atoms with Crippen LogP contribution in [-0.2, 0) is 17.7 Å². The summed E-state index contributed by atoms with van der Waals surface area (Å²) in [5.74, 6) is 0. The Labute approximate surface area is 161 Å². The second-order valence-corrected chi connectivity index (χ2v) is 10.9. The van der Waals surface area contributed by atoms with E-state index in [0.717, 1.165) is 47.9 Å². The highest BCUT2D eigenvalue weighted by Crippen LogP contribution is 2.12. The third-order valence-corrected chi connectivity index (χ3v) is 9.16. The van der Waals surface area contributed by atoms with Gasteiger partial charge in [-0.05, 0) is 53.0 Å². The monoisotopic (exact) mass is 404 g/mol. The van der Waals surface area contributed by atoms with Gasteiger partial charge in [0.25, 0.3) is 0 Å². The second kappa shape index (κ2) is 15.1. The number of allylic oxidation sites excluding steroid dienone is 1. The fraction of sp³-hybridized carbons (Fsp3) is 0.875. The summed E-state index contributed by atoms with van der Waals surface area (Å²) in [4.78, 5) is 4.52. The van der Waals surface area contributed by atoms with Gasteiger partial charge in [0.15, 0.2) is 0 Å². The van der Waals surface area contributed by atoms with Crippen molar-refractivity contribution in [2.45, 2.75) is 33.2 Å². The zero-order chi connectivity index (χ0) is 19.2. The molecule has 9 heteroatoms. The molecule has 0 aromatic rings. The van der Waals surface area contributed by atoms with Crippen molar-refractivity contribution in [3.05, 3.63) is 10.5 Å². The van der Waals surface area contributed by atoms with Gasteiger partial charge in [0.05, 0.1) is 14.8 Å². The Morgan fingerprint density at radius 2 is 1.56 bits per heavy atom. The van der Waals surface area contributed by atoms with Crippen molar-refractivity contribution in [2.75, 3.05) is 61.3 Å². The Balaban J connectivity index is 4.41. The van der Waals surface area contributed by atoms with Crippen LogP contribution >= 0.6 is 0 Å². The molecule has 0 saturated carbocycles. The maximum absolute atomic E-state index is 5.70. The van der Waals surface area contributed by atoms with Crippen LogP contribution in [0, 0.1) is 0 Å². The molecule has 0 amide bonds. The van der Waals surface area contributed by atoms with Crippen LogP contribution in [-0.4, -0.2) is 99.2 Å². The first kappa shape index (κ1) is 25.0. The molecule has 6 nitrogen and oxygen atoms in total. The normalized spacial score (nSPS) is 13.1. The summed E-state index contributed by atoms with van der Waals surface area (Å²) in [6.45, 7) is 8.81. The van der Waals surface area contributed by atoms with Gasteiger partial charge in [0.1, 0.15) is 0 Å². The molecule has 0 aromatic carbocycles. The topological polar surface area (TPSA) is 43.4 Å². The fourth-order valence-corrected chi connectivity index (χ4v) is 6.68. The van der Waals surface area contributed by atoms with Crippen LogP contribution in [0.25, 0.3) is 0 Å². The summed E-state index contributed by atoms with van der Waals surface area (Å²) in [5.41, 5.74) is 0. The molecular weight excluding hydrogens is 368 g/mol. The summed E-state index contributed by atoms with van der Waals surface area (Å²) in [6.07, 6.45) is 2.17. The molecule has 0 heterocycles. The lowest BCUT2D eigenvalue weighted by Crippen LogP contribution is -2.35. The van der Waals surface area contributed by atoms with Crippen molar-refractivity contribution >= 4 is 28.1 Å². The molecule has 0 bridgehead atoms. The molecule has 0 aliphatic heterocycles. The first-order chi connectivity index (χ1) is 11.9. The molecule has 0 unspecified atom stereocenters. The molecule has 25 heavy (non-hydrogen) atoms. The lowest BCUT2D eigenvalue weighted by Gasteiger charge is -2.25. The lowest BCUT2D eigenvalue weighted by atomic mass is 10.5. The van der Waals surface area contributed by atoms with Gasteiger partial charge in [0, 0.05) is 41.5 Å². The van der Waals surface area contributed by atoms with Crippen LogP contribution in [0.5, 0.6) is 0 Å². The van der Waals surface area contributed by atoms with E-state index >= 15 is 0 Å². The van der Waals surface area contributed by atoms with E-state index in [4.69, 9.17) is 17.7 Å². The van der Waals surface area contributed by atoms with Crippen molar-refractivity contribution in [3.63, 3.8) is 0 Å². The molecule has 0 N–H and O–H groups in total. The summed E-state index contributed by atoms with van der Waals surface area (Å²) < 4.78 is 22.5. The average molecular weight is 405 g/mol. The number of nitrogens with zero attached hydrogens (tertiary/aromatic N) is 2. The van der Waals surface area contributed by atoms with Crippen molar-refractivity contribution < 1.29 is 17.7 Å².